The number of ether oxygens (including phenoxy) is 1. The average molecular weight is 293 g/mol. The van der Waals surface area contributed by atoms with Gasteiger partial charge in [0.25, 0.3) is 5.69 Å². The predicted octanol–water partition coefficient (Wildman–Crippen LogP) is 2.64. The number of hydrogen-bond acceptors (Lipinski definition) is 5. The van der Waals surface area contributed by atoms with E-state index >= 15 is 0 Å². The number of benzene rings is 1. The zero-order chi connectivity index (χ0) is 15.2. The van der Waals surface area contributed by atoms with Crippen molar-refractivity contribution >= 4 is 11.4 Å². The zero-order valence-electron chi connectivity index (χ0n) is 12.7. The van der Waals surface area contributed by atoms with Crippen LogP contribution in [0.5, 0.6) is 0 Å². The lowest BCUT2D eigenvalue weighted by molar-refractivity contribution is -0.384. The number of hydrogen-bond donors (Lipinski definition) is 1. The Bertz CT molecular complexity index is 487. The fourth-order valence-corrected chi connectivity index (χ4v) is 2.59. The fraction of sp³-hybridized carbons (Fsp3) is 0.600. The Hall–Kier alpha value is -1.66. The van der Waals surface area contributed by atoms with Crippen molar-refractivity contribution in [1.29, 1.82) is 0 Å². The largest absolute Gasteiger partial charge is 0.380 e. The Morgan fingerprint density at radius 2 is 2.33 bits per heavy atom. The summed E-state index contributed by atoms with van der Waals surface area (Å²) in [6.07, 6.45) is 1.95. The Morgan fingerprint density at radius 3 is 2.95 bits per heavy atom. The van der Waals surface area contributed by atoms with Crippen LogP contribution in [-0.4, -0.2) is 42.7 Å². The second-order valence-corrected chi connectivity index (χ2v) is 5.43. The van der Waals surface area contributed by atoms with E-state index in [1.165, 1.54) is 0 Å². The molecular formula is C15H23N3O3. The second kappa shape index (κ2) is 7.38. The van der Waals surface area contributed by atoms with E-state index in [0.717, 1.165) is 38.2 Å². The number of nitro groups is 1. The molecule has 1 aliphatic heterocycles. The summed E-state index contributed by atoms with van der Waals surface area (Å²) >= 11 is 0. The first kappa shape index (κ1) is 15.7. The van der Waals surface area contributed by atoms with Gasteiger partial charge in [-0.1, -0.05) is 19.1 Å². The van der Waals surface area contributed by atoms with Crippen LogP contribution in [0.4, 0.5) is 11.4 Å². The van der Waals surface area contributed by atoms with Gasteiger partial charge in [0.2, 0.25) is 0 Å². The Kier molecular flexibility index (Phi) is 5.52. The molecule has 1 unspecified atom stereocenters. The first-order valence-corrected chi connectivity index (χ1v) is 7.41. The van der Waals surface area contributed by atoms with Crippen molar-refractivity contribution < 1.29 is 9.66 Å². The summed E-state index contributed by atoms with van der Waals surface area (Å²) in [5.41, 5.74) is 1.76. The summed E-state index contributed by atoms with van der Waals surface area (Å²) in [6.45, 7) is 4.99. The summed E-state index contributed by atoms with van der Waals surface area (Å²) in [4.78, 5) is 13.1. The van der Waals surface area contributed by atoms with Gasteiger partial charge in [-0.05, 0) is 25.5 Å². The summed E-state index contributed by atoms with van der Waals surface area (Å²) in [5.74, 6) is 0. The van der Waals surface area contributed by atoms with E-state index in [-0.39, 0.29) is 10.6 Å². The average Bonchev–Trinajstić information content (AvgIpc) is 2.99. The molecule has 1 heterocycles. The van der Waals surface area contributed by atoms with Crippen LogP contribution in [0.3, 0.4) is 0 Å². The molecule has 0 bridgehead atoms. The van der Waals surface area contributed by atoms with Crippen molar-refractivity contribution in [1.82, 2.24) is 4.90 Å². The maximum Gasteiger partial charge on any atom is 0.292 e. The zero-order valence-corrected chi connectivity index (χ0v) is 12.7. The van der Waals surface area contributed by atoms with Crippen LogP contribution in [0.1, 0.15) is 25.3 Å². The van der Waals surface area contributed by atoms with Gasteiger partial charge in [-0.25, -0.2) is 0 Å². The molecule has 0 amide bonds. The molecular weight excluding hydrogens is 270 g/mol. The van der Waals surface area contributed by atoms with Crippen LogP contribution < -0.4 is 5.32 Å². The van der Waals surface area contributed by atoms with Crippen LogP contribution in [0.25, 0.3) is 0 Å². The highest BCUT2D eigenvalue weighted by molar-refractivity contribution is 5.66. The fourth-order valence-electron chi connectivity index (χ4n) is 2.59. The first-order valence-electron chi connectivity index (χ1n) is 7.41. The van der Waals surface area contributed by atoms with Crippen molar-refractivity contribution in [2.45, 2.75) is 32.4 Å². The van der Waals surface area contributed by atoms with E-state index < -0.39 is 0 Å². The van der Waals surface area contributed by atoms with Gasteiger partial charge in [0.15, 0.2) is 0 Å². The van der Waals surface area contributed by atoms with Crippen LogP contribution in [-0.2, 0) is 11.3 Å². The Morgan fingerprint density at radius 1 is 1.52 bits per heavy atom. The quantitative estimate of drug-likeness (QED) is 0.618. The Balaban J connectivity index is 2.20. The molecule has 21 heavy (non-hydrogen) atoms. The highest BCUT2D eigenvalue weighted by Gasteiger charge is 2.23. The lowest BCUT2D eigenvalue weighted by Crippen LogP contribution is -2.31. The van der Waals surface area contributed by atoms with Gasteiger partial charge < -0.3 is 10.1 Å². The van der Waals surface area contributed by atoms with E-state index in [1.54, 1.807) is 12.1 Å². The number of likely N-dealkylation sites (N-methyl/N-ethyl adjacent to an activating group) is 1. The summed E-state index contributed by atoms with van der Waals surface area (Å²) in [6, 6.07) is 5.66. The predicted molar refractivity (Wildman–Crippen MR) is 82.6 cm³/mol. The topological polar surface area (TPSA) is 67.6 Å². The molecule has 2 rings (SSSR count). The monoisotopic (exact) mass is 293 g/mol. The summed E-state index contributed by atoms with van der Waals surface area (Å²) in [7, 11) is 2.04. The number of para-hydroxylation sites is 1. The Labute approximate surface area is 125 Å². The highest BCUT2D eigenvalue weighted by Crippen LogP contribution is 2.29. The minimum absolute atomic E-state index is 0.150. The number of nitrogens with zero attached hydrogens (tertiary/aromatic N) is 2. The molecule has 1 aromatic carbocycles. The van der Waals surface area contributed by atoms with E-state index in [1.807, 2.05) is 20.0 Å². The number of rotatable bonds is 7. The van der Waals surface area contributed by atoms with Gasteiger partial charge in [0, 0.05) is 31.8 Å². The molecule has 0 aliphatic carbocycles. The molecule has 1 aliphatic rings. The molecule has 0 aromatic heterocycles. The molecule has 1 fully saturated rings. The molecule has 6 nitrogen and oxygen atoms in total. The minimum atomic E-state index is -0.319. The van der Waals surface area contributed by atoms with Crippen LogP contribution in [0.2, 0.25) is 0 Å². The lowest BCUT2D eigenvalue weighted by atomic mass is 10.1. The van der Waals surface area contributed by atoms with Gasteiger partial charge >= 0.3 is 0 Å². The van der Waals surface area contributed by atoms with Gasteiger partial charge in [-0.2, -0.15) is 0 Å². The number of nitro benzene ring substituents is 1. The van der Waals surface area contributed by atoms with Crippen molar-refractivity contribution in [3.63, 3.8) is 0 Å². The van der Waals surface area contributed by atoms with Crippen LogP contribution in [0.15, 0.2) is 18.2 Å². The van der Waals surface area contributed by atoms with Gasteiger partial charge in [0.1, 0.15) is 5.69 Å². The lowest BCUT2D eigenvalue weighted by Gasteiger charge is -2.24. The second-order valence-electron chi connectivity index (χ2n) is 5.43. The number of anilines is 1. The third kappa shape index (κ3) is 3.92. The molecule has 1 saturated heterocycles. The third-order valence-corrected chi connectivity index (χ3v) is 3.83. The van der Waals surface area contributed by atoms with E-state index in [9.17, 15) is 10.1 Å². The van der Waals surface area contributed by atoms with E-state index in [2.05, 4.69) is 10.2 Å². The molecule has 0 spiro atoms. The maximum absolute atomic E-state index is 11.2. The van der Waals surface area contributed by atoms with Crippen molar-refractivity contribution in [2.75, 3.05) is 32.1 Å². The molecule has 0 radical (unpaired) electrons. The van der Waals surface area contributed by atoms with Crippen LogP contribution >= 0.6 is 0 Å². The molecule has 1 atom stereocenters. The van der Waals surface area contributed by atoms with E-state index in [0.29, 0.717) is 18.3 Å². The molecule has 1 aromatic rings. The van der Waals surface area contributed by atoms with Crippen molar-refractivity contribution in [3.05, 3.63) is 33.9 Å². The normalized spacial score (nSPS) is 18.1. The minimum Gasteiger partial charge on any atom is -0.380 e. The molecule has 1 N–H and O–H groups in total. The van der Waals surface area contributed by atoms with Crippen molar-refractivity contribution in [3.8, 4) is 0 Å². The van der Waals surface area contributed by atoms with Gasteiger partial charge in [0.05, 0.1) is 11.5 Å². The van der Waals surface area contributed by atoms with Gasteiger partial charge in [-0.15, -0.1) is 0 Å². The highest BCUT2D eigenvalue weighted by atomic mass is 16.6. The first-order chi connectivity index (χ1) is 10.1. The van der Waals surface area contributed by atoms with E-state index in [4.69, 9.17) is 4.74 Å². The molecule has 0 saturated carbocycles. The summed E-state index contributed by atoms with van der Waals surface area (Å²) in [5, 5.41) is 14.4. The smallest absolute Gasteiger partial charge is 0.292 e. The number of nitrogens with one attached hydrogen (secondary N) is 1. The van der Waals surface area contributed by atoms with Crippen LogP contribution in [0, 0.1) is 10.1 Å². The third-order valence-electron chi connectivity index (χ3n) is 3.83. The molecule has 6 heteroatoms. The van der Waals surface area contributed by atoms with Gasteiger partial charge in [-0.3, -0.25) is 15.0 Å². The standard InChI is InChI=1S/C15H23N3O3/c1-3-8-16-15-12(5-4-6-14(15)18(19)20)10-17(2)13-7-9-21-11-13/h4-6,13,16H,3,7-11H2,1-2H3. The SMILES string of the molecule is CCCNc1c(CN(C)C2CCOC2)cccc1[N+](=O)[O-]. The molecule has 116 valence electrons. The van der Waals surface area contributed by atoms with Crippen molar-refractivity contribution in [2.24, 2.45) is 0 Å². The maximum atomic E-state index is 11.2. The summed E-state index contributed by atoms with van der Waals surface area (Å²) < 4.78 is 5.41.